The molecular formula is C16H28N2O. The molecule has 3 nitrogen and oxygen atoms in total. The minimum absolute atomic E-state index is 0.369. The van der Waals surface area contributed by atoms with Gasteiger partial charge in [-0.3, -0.25) is 4.90 Å². The molecule has 0 aromatic carbocycles. The highest BCUT2D eigenvalue weighted by molar-refractivity contribution is 5.10. The van der Waals surface area contributed by atoms with E-state index in [-0.39, 0.29) is 0 Å². The van der Waals surface area contributed by atoms with Gasteiger partial charge < -0.3 is 9.73 Å². The molecule has 3 heteroatoms. The van der Waals surface area contributed by atoms with E-state index in [1.807, 2.05) is 6.92 Å². The fourth-order valence-electron chi connectivity index (χ4n) is 3.33. The Hall–Kier alpha value is -0.800. The summed E-state index contributed by atoms with van der Waals surface area (Å²) in [4.78, 5) is 2.58. The molecule has 1 aromatic heterocycles. The van der Waals surface area contributed by atoms with Gasteiger partial charge in [-0.1, -0.05) is 13.8 Å². The number of hydrogen-bond donors (Lipinski definition) is 1. The Labute approximate surface area is 117 Å². The van der Waals surface area contributed by atoms with Gasteiger partial charge in [0.05, 0.1) is 6.04 Å². The van der Waals surface area contributed by atoms with Crippen LogP contribution in [0.2, 0.25) is 0 Å². The molecule has 1 aliphatic rings. The SMILES string of the molecule is CCNC1CCN(C(C)c2ccc(C)o2)C(C)C1C. The van der Waals surface area contributed by atoms with Crippen LogP contribution in [-0.4, -0.2) is 30.1 Å². The van der Waals surface area contributed by atoms with Gasteiger partial charge in [-0.15, -0.1) is 0 Å². The van der Waals surface area contributed by atoms with E-state index in [0.717, 1.165) is 24.6 Å². The number of aryl methyl sites for hydroxylation is 1. The monoisotopic (exact) mass is 264 g/mol. The molecule has 0 spiro atoms. The Bertz CT molecular complexity index is 401. The van der Waals surface area contributed by atoms with Gasteiger partial charge in [0.2, 0.25) is 0 Å². The van der Waals surface area contributed by atoms with Crippen molar-refractivity contribution in [3.05, 3.63) is 23.7 Å². The molecule has 2 heterocycles. The van der Waals surface area contributed by atoms with Crippen molar-refractivity contribution < 1.29 is 4.42 Å². The van der Waals surface area contributed by atoms with E-state index in [0.29, 0.717) is 24.0 Å². The van der Waals surface area contributed by atoms with Crippen LogP contribution >= 0.6 is 0 Å². The van der Waals surface area contributed by atoms with E-state index in [2.05, 4.69) is 50.0 Å². The Morgan fingerprint density at radius 2 is 2.16 bits per heavy atom. The number of likely N-dealkylation sites (tertiary alicyclic amines) is 1. The normalized spacial score (nSPS) is 30.5. The lowest BCUT2D eigenvalue weighted by Crippen LogP contribution is -2.53. The summed E-state index contributed by atoms with van der Waals surface area (Å²) < 4.78 is 5.80. The van der Waals surface area contributed by atoms with Crippen molar-refractivity contribution >= 4 is 0 Å². The van der Waals surface area contributed by atoms with E-state index >= 15 is 0 Å². The molecular weight excluding hydrogens is 236 g/mol. The van der Waals surface area contributed by atoms with Gasteiger partial charge in [0, 0.05) is 18.6 Å². The van der Waals surface area contributed by atoms with Crippen LogP contribution < -0.4 is 5.32 Å². The average Bonchev–Trinajstić information content (AvgIpc) is 2.81. The summed E-state index contributed by atoms with van der Waals surface area (Å²) in [5, 5.41) is 3.62. The number of piperidine rings is 1. The second-order valence-corrected chi connectivity index (χ2v) is 5.91. The smallest absolute Gasteiger partial charge is 0.121 e. The molecule has 19 heavy (non-hydrogen) atoms. The zero-order chi connectivity index (χ0) is 14.0. The summed E-state index contributed by atoms with van der Waals surface area (Å²) in [6, 6.07) is 5.78. The fraction of sp³-hybridized carbons (Fsp3) is 0.750. The van der Waals surface area contributed by atoms with Crippen molar-refractivity contribution in [3.63, 3.8) is 0 Å². The number of nitrogens with zero attached hydrogens (tertiary/aromatic N) is 1. The Morgan fingerprint density at radius 1 is 1.42 bits per heavy atom. The van der Waals surface area contributed by atoms with Crippen LogP contribution in [0.25, 0.3) is 0 Å². The van der Waals surface area contributed by atoms with E-state index < -0.39 is 0 Å². The second-order valence-electron chi connectivity index (χ2n) is 5.91. The topological polar surface area (TPSA) is 28.4 Å². The predicted molar refractivity (Wildman–Crippen MR) is 79.3 cm³/mol. The van der Waals surface area contributed by atoms with Crippen LogP contribution in [0, 0.1) is 12.8 Å². The average molecular weight is 264 g/mol. The summed E-state index contributed by atoms with van der Waals surface area (Å²) in [5.74, 6) is 2.77. The lowest BCUT2D eigenvalue weighted by atomic mass is 9.86. The molecule has 108 valence electrons. The van der Waals surface area contributed by atoms with Gasteiger partial charge in [0.1, 0.15) is 11.5 Å². The molecule has 1 saturated heterocycles. The molecule has 4 unspecified atom stereocenters. The van der Waals surface area contributed by atoms with Crippen LogP contribution in [-0.2, 0) is 0 Å². The van der Waals surface area contributed by atoms with Crippen molar-refractivity contribution in [3.8, 4) is 0 Å². The molecule has 1 fully saturated rings. The summed E-state index contributed by atoms with van der Waals surface area (Å²) in [6.45, 7) is 13.4. The molecule has 0 saturated carbocycles. The van der Waals surface area contributed by atoms with Crippen LogP contribution in [0.15, 0.2) is 16.5 Å². The molecule has 0 amide bonds. The quantitative estimate of drug-likeness (QED) is 0.904. The van der Waals surface area contributed by atoms with Crippen molar-refractivity contribution in [2.45, 2.75) is 59.2 Å². The minimum Gasteiger partial charge on any atom is -0.465 e. The third-order valence-corrected chi connectivity index (χ3v) is 4.75. The Kier molecular flexibility index (Phi) is 4.69. The Morgan fingerprint density at radius 3 is 2.74 bits per heavy atom. The Balaban J connectivity index is 2.05. The van der Waals surface area contributed by atoms with Crippen LogP contribution in [0.5, 0.6) is 0 Å². The molecule has 1 N–H and O–H groups in total. The van der Waals surface area contributed by atoms with E-state index in [1.165, 1.54) is 6.42 Å². The van der Waals surface area contributed by atoms with Crippen LogP contribution in [0.3, 0.4) is 0 Å². The van der Waals surface area contributed by atoms with Gasteiger partial charge >= 0.3 is 0 Å². The number of nitrogens with one attached hydrogen (secondary N) is 1. The first-order chi connectivity index (χ1) is 9.04. The van der Waals surface area contributed by atoms with Gasteiger partial charge in [-0.2, -0.15) is 0 Å². The van der Waals surface area contributed by atoms with E-state index in [1.54, 1.807) is 0 Å². The maximum Gasteiger partial charge on any atom is 0.121 e. The van der Waals surface area contributed by atoms with Crippen molar-refractivity contribution in [2.75, 3.05) is 13.1 Å². The second kappa shape index (κ2) is 6.10. The van der Waals surface area contributed by atoms with Gasteiger partial charge in [0.15, 0.2) is 0 Å². The number of hydrogen-bond acceptors (Lipinski definition) is 3. The molecule has 0 bridgehead atoms. The summed E-state index contributed by atoms with van der Waals surface area (Å²) >= 11 is 0. The van der Waals surface area contributed by atoms with Crippen molar-refractivity contribution in [2.24, 2.45) is 5.92 Å². The third-order valence-electron chi connectivity index (χ3n) is 4.75. The first-order valence-corrected chi connectivity index (χ1v) is 7.60. The van der Waals surface area contributed by atoms with Crippen molar-refractivity contribution in [1.82, 2.24) is 10.2 Å². The summed E-state index contributed by atoms with van der Waals surface area (Å²) in [7, 11) is 0. The van der Waals surface area contributed by atoms with Crippen molar-refractivity contribution in [1.29, 1.82) is 0 Å². The third kappa shape index (κ3) is 3.03. The zero-order valence-electron chi connectivity index (χ0n) is 12.9. The zero-order valence-corrected chi connectivity index (χ0v) is 12.9. The molecule has 1 aromatic rings. The molecule has 0 radical (unpaired) electrons. The lowest BCUT2D eigenvalue weighted by molar-refractivity contribution is 0.0449. The maximum atomic E-state index is 5.80. The molecule has 4 atom stereocenters. The first kappa shape index (κ1) is 14.6. The lowest BCUT2D eigenvalue weighted by Gasteiger charge is -2.45. The highest BCUT2D eigenvalue weighted by atomic mass is 16.3. The molecule has 1 aliphatic heterocycles. The largest absolute Gasteiger partial charge is 0.465 e. The van der Waals surface area contributed by atoms with E-state index in [4.69, 9.17) is 4.42 Å². The highest BCUT2D eigenvalue weighted by Crippen LogP contribution is 2.32. The van der Waals surface area contributed by atoms with Crippen LogP contribution in [0.4, 0.5) is 0 Å². The van der Waals surface area contributed by atoms with E-state index in [9.17, 15) is 0 Å². The van der Waals surface area contributed by atoms with Gasteiger partial charge in [-0.25, -0.2) is 0 Å². The molecule has 2 rings (SSSR count). The van der Waals surface area contributed by atoms with Gasteiger partial charge in [0.25, 0.3) is 0 Å². The van der Waals surface area contributed by atoms with Crippen LogP contribution in [0.1, 0.15) is 51.7 Å². The fourth-order valence-corrected chi connectivity index (χ4v) is 3.33. The standard InChI is InChI=1S/C16H28N2O/c1-6-17-15-9-10-18(13(4)12(15)3)14(5)16-8-7-11(2)19-16/h7-8,12-15,17H,6,9-10H2,1-5H3. The minimum atomic E-state index is 0.369. The van der Waals surface area contributed by atoms with Gasteiger partial charge in [-0.05, 0) is 51.8 Å². The summed E-state index contributed by atoms with van der Waals surface area (Å²) in [6.07, 6.45) is 1.23. The summed E-state index contributed by atoms with van der Waals surface area (Å²) in [5.41, 5.74) is 0. The maximum absolute atomic E-state index is 5.80. The molecule has 0 aliphatic carbocycles. The predicted octanol–water partition coefficient (Wildman–Crippen LogP) is 3.36. The number of rotatable bonds is 4. The first-order valence-electron chi connectivity index (χ1n) is 7.60. The number of furan rings is 1. The highest BCUT2D eigenvalue weighted by Gasteiger charge is 2.35.